The van der Waals surface area contributed by atoms with Gasteiger partial charge in [-0.25, -0.2) is 19.4 Å². The van der Waals surface area contributed by atoms with E-state index in [1.807, 2.05) is 24.3 Å². The monoisotopic (exact) mass is 373 g/mol. The van der Waals surface area contributed by atoms with Crippen molar-refractivity contribution in [1.82, 2.24) is 14.8 Å². The molecule has 0 unspecified atom stereocenters. The van der Waals surface area contributed by atoms with Gasteiger partial charge in [0, 0.05) is 10.0 Å². The third kappa shape index (κ3) is 3.09. The lowest BCUT2D eigenvalue weighted by atomic mass is 10.2. The van der Waals surface area contributed by atoms with Crippen molar-refractivity contribution in [3.8, 4) is 17.1 Å². The minimum atomic E-state index is -0.444. The van der Waals surface area contributed by atoms with E-state index in [9.17, 15) is 9.59 Å². The van der Waals surface area contributed by atoms with Gasteiger partial charge in [0.2, 0.25) is 0 Å². The Morgan fingerprint density at radius 2 is 1.78 bits per heavy atom. The average molecular weight is 374 g/mol. The summed E-state index contributed by atoms with van der Waals surface area (Å²) in [5.74, 6) is 0.0807. The standard InChI is InChI=1S/C16H12BrN3O3/c1-23-15(21)11-4-8-13(9-5-11)20-14(18-16(22)19-20)10-2-6-12(17)7-3-10/h2-9H,1H3,(H,19,22). The number of aromatic amines is 1. The lowest BCUT2D eigenvalue weighted by Crippen LogP contribution is -2.06. The number of hydrogen-bond donors (Lipinski definition) is 1. The van der Waals surface area contributed by atoms with Gasteiger partial charge in [-0.1, -0.05) is 28.1 Å². The number of carbonyl (C=O) groups is 1. The van der Waals surface area contributed by atoms with Crippen molar-refractivity contribution < 1.29 is 9.53 Å². The van der Waals surface area contributed by atoms with E-state index in [0.717, 1.165) is 10.0 Å². The molecule has 3 rings (SSSR count). The van der Waals surface area contributed by atoms with Gasteiger partial charge in [0.25, 0.3) is 0 Å². The number of H-pyrrole nitrogens is 1. The summed E-state index contributed by atoms with van der Waals surface area (Å²) >= 11 is 3.37. The fourth-order valence-corrected chi connectivity index (χ4v) is 2.43. The molecule has 1 aromatic heterocycles. The Hall–Kier alpha value is -2.67. The minimum Gasteiger partial charge on any atom is -0.465 e. The number of esters is 1. The van der Waals surface area contributed by atoms with Gasteiger partial charge in [-0.2, -0.15) is 4.98 Å². The van der Waals surface area contributed by atoms with Crippen LogP contribution in [-0.4, -0.2) is 27.8 Å². The van der Waals surface area contributed by atoms with E-state index in [0.29, 0.717) is 17.1 Å². The van der Waals surface area contributed by atoms with Crippen molar-refractivity contribution in [3.05, 3.63) is 69.1 Å². The lowest BCUT2D eigenvalue weighted by Gasteiger charge is -2.08. The van der Waals surface area contributed by atoms with Crippen LogP contribution in [0.3, 0.4) is 0 Å². The number of nitrogens with one attached hydrogen (secondary N) is 1. The van der Waals surface area contributed by atoms with Crippen molar-refractivity contribution in [2.24, 2.45) is 0 Å². The molecular formula is C16H12BrN3O3. The number of ether oxygens (including phenoxy) is 1. The van der Waals surface area contributed by atoms with Gasteiger partial charge in [0.1, 0.15) is 0 Å². The van der Waals surface area contributed by atoms with Crippen LogP contribution in [-0.2, 0) is 4.74 Å². The third-order valence-electron chi connectivity index (χ3n) is 3.28. The van der Waals surface area contributed by atoms with Gasteiger partial charge in [0.15, 0.2) is 5.82 Å². The maximum Gasteiger partial charge on any atom is 0.362 e. The maximum atomic E-state index is 11.7. The zero-order chi connectivity index (χ0) is 16.4. The van der Waals surface area contributed by atoms with Crippen LogP contribution in [0, 0.1) is 0 Å². The Morgan fingerprint density at radius 1 is 1.13 bits per heavy atom. The molecule has 0 fully saturated rings. The molecule has 0 spiro atoms. The molecule has 2 aromatic carbocycles. The summed E-state index contributed by atoms with van der Waals surface area (Å²) in [6.45, 7) is 0. The number of benzene rings is 2. The molecule has 3 aromatic rings. The fraction of sp³-hybridized carbons (Fsp3) is 0.0625. The molecule has 6 nitrogen and oxygen atoms in total. The molecule has 0 amide bonds. The summed E-state index contributed by atoms with van der Waals surface area (Å²) in [7, 11) is 1.33. The largest absolute Gasteiger partial charge is 0.465 e. The van der Waals surface area contributed by atoms with Crippen LogP contribution >= 0.6 is 15.9 Å². The molecule has 0 bridgehead atoms. The first-order valence-corrected chi connectivity index (χ1v) is 7.51. The fourth-order valence-electron chi connectivity index (χ4n) is 2.16. The summed E-state index contributed by atoms with van der Waals surface area (Å²) in [6, 6.07) is 14.2. The van der Waals surface area contributed by atoms with E-state index in [2.05, 4.69) is 30.7 Å². The van der Waals surface area contributed by atoms with Crippen molar-refractivity contribution >= 4 is 21.9 Å². The lowest BCUT2D eigenvalue weighted by molar-refractivity contribution is 0.0601. The molecule has 0 atom stereocenters. The first-order valence-electron chi connectivity index (χ1n) is 6.72. The molecule has 7 heteroatoms. The molecule has 0 radical (unpaired) electrons. The second-order valence-electron chi connectivity index (χ2n) is 4.73. The summed E-state index contributed by atoms with van der Waals surface area (Å²) < 4.78 is 7.18. The third-order valence-corrected chi connectivity index (χ3v) is 3.80. The van der Waals surface area contributed by atoms with Gasteiger partial charge in [-0.3, -0.25) is 0 Å². The van der Waals surface area contributed by atoms with Gasteiger partial charge in [-0.15, -0.1) is 0 Å². The molecule has 0 aliphatic rings. The average Bonchev–Trinajstić information content (AvgIpc) is 2.97. The van der Waals surface area contributed by atoms with Crippen molar-refractivity contribution in [1.29, 1.82) is 0 Å². The summed E-state index contributed by atoms with van der Waals surface area (Å²) in [6.07, 6.45) is 0. The second-order valence-corrected chi connectivity index (χ2v) is 5.65. The molecule has 0 saturated carbocycles. The SMILES string of the molecule is COC(=O)c1ccc(-n2[nH]c(=O)nc2-c2ccc(Br)cc2)cc1. The van der Waals surface area contributed by atoms with Crippen LogP contribution < -0.4 is 5.69 Å². The van der Waals surface area contributed by atoms with Gasteiger partial charge < -0.3 is 4.74 Å². The van der Waals surface area contributed by atoms with Crippen LogP contribution in [0.1, 0.15) is 10.4 Å². The maximum absolute atomic E-state index is 11.7. The molecular weight excluding hydrogens is 362 g/mol. The first-order chi connectivity index (χ1) is 11.1. The summed E-state index contributed by atoms with van der Waals surface area (Å²) in [5, 5.41) is 2.66. The van der Waals surface area contributed by atoms with Gasteiger partial charge in [-0.05, 0) is 36.4 Å². The molecule has 23 heavy (non-hydrogen) atoms. The number of halogens is 1. The topological polar surface area (TPSA) is 77.0 Å². The first kappa shape index (κ1) is 15.2. The molecule has 1 heterocycles. The second kappa shape index (κ2) is 6.21. The minimum absolute atomic E-state index is 0.413. The number of rotatable bonds is 3. The highest BCUT2D eigenvalue weighted by atomic mass is 79.9. The van der Waals surface area contributed by atoms with E-state index in [-0.39, 0.29) is 0 Å². The zero-order valence-corrected chi connectivity index (χ0v) is 13.7. The highest BCUT2D eigenvalue weighted by Gasteiger charge is 2.12. The van der Waals surface area contributed by atoms with Crippen LogP contribution in [0.25, 0.3) is 17.1 Å². The number of carbonyl (C=O) groups excluding carboxylic acids is 1. The predicted octanol–water partition coefficient (Wildman–Crippen LogP) is 2.78. The molecule has 0 saturated heterocycles. The van der Waals surface area contributed by atoms with Crippen molar-refractivity contribution in [2.75, 3.05) is 7.11 Å². The van der Waals surface area contributed by atoms with Crippen LogP contribution in [0.15, 0.2) is 57.8 Å². The van der Waals surface area contributed by atoms with Gasteiger partial charge >= 0.3 is 11.7 Å². The number of hydrogen-bond acceptors (Lipinski definition) is 4. The van der Waals surface area contributed by atoms with Crippen LogP contribution in [0.5, 0.6) is 0 Å². The van der Waals surface area contributed by atoms with Gasteiger partial charge in [0.05, 0.1) is 18.4 Å². The van der Waals surface area contributed by atoms with E-state index in [1.165, 1.54) is 7.11 Å². The van der Waals surface area contributed by atoms with Crippen LogP contribution in [0.2, 0.25) is 0 Å². The van der Waals surface area contributed by atoms with E-state index in [1.54, 1.807) is 28.9 Å². The van der Waals surface area contributed by atoms with E-state index >= 15 is 0 Å². The number of nitrogens with zero attached hydrogens (tertiary/aromatic N) is 2. The predicted molar refractivity (Wildman–Crippen MR) is 88.7 cm³/mol. The van der Waals surface area contributed by atoms with E-state index in [4.69, 9.17) is 0 Å². The Labute approximate surface area is 139 Å². The zero-order valence-electron chi connectivity index (χ0n) is 12.1. The summed E-state index contributed by atoms with van der Waals surface area (Å²) in [4.78, 5) is 27.2. The Morgan fingerprint density at radius 3 is 2.39 bits per heavy atom. The molecule has 0 aliphatic heterocycles. The van der Waals surface area contributed by atoms with Crippen molar-refractivity contribution in [3.63, 3.8) is 0 Å². The Balaban J connectivity index is 2.05. The Kier molecular flexibility index (Phi) is 4.12. The highest BCUT2D eigenvalue weighted by molar-refractivity contribution is 9.10. The molecule has 116 valence electrons. The number of methoxy groups -OCH3 is 1. The smallest absolute Gasteiger partial charge is 0.362 e. The molecule has 1 N–H and O–H groups in total. The van der Waals surface area contributed by atoms with E-state index < -0.39 is 11.7 Å². The van der Waals surface area contributed by atoms with Crippen LogP contribution in [0.4, 0.5) is 0 Å². The molecule has 0 aliphatic carbocycles. The quantitative estimate of drug-likeness (QED) is 0.716. The Bertz CT molecular complexity index is 896. The normalized spacial score (nSPS) is 10.5. The highest BCUT2D eigenvalue weighted by Crippen LogP contribution is 2.21. The summed E-state index contributed by atoms with van der Waals surface area (Å²) in [5.41, 5.74) is 1.47. The van der Waals surface area contributed by atoms with Crippen molar-refractivity contribution in [2.45, 2.75) is 0 Å². The number of aromatic nitrogens is 3.